The SMILES string of the molecule is c1ccc2c(c1)ccc1c3c4ccccc4c4c5ccccc5oc4c3n(-c3nc(-c4ccc5c(c4)oc4ccccc45)c4ccccc4n3)c21. The zero-order valence-corrected chi connectivity index (χ0v) is 27.1. The second kappa shape index (κ2) is 9.80. The number of furan rings is 2. The monoisotopic (exact) mass is 651 g/mol. The van der Waals surface area contributed by atoms with Crippen molar-refractivity contribution in [2.75, 3.05) is 0 Å². The van der Waals surface area contributed by atoms with Gasteiger partial charge in [-0.15, -0.1) is 0 Å². The summed E-state index contributed by atoms with van der Waals surface area (Å²) in [5.41, 5.74) is 8.06. The standard InChI is InChI=1S/C46H25N3O2/c1-2-12-28-26(11-1)21-24-35-40-31-14-3-4-15-32(31)41-34-17-7-10-20-38(34)51-45(41)44(40)49(43(28)35)46-47-36-18-8-5-16-33(36)42(48-46)27-22-23-30-29-13-6-9-19-37(29)50-39(30)25-27/h1-25H. The molecule has 0 aliphatic carbocycles. The fourth-order valence-corrected chi connectivity index (χ4v) is 8.39. The third-order valence-corrected chi connectivity index (χ3v) is 10.6. The first kappa shape index (κ1) is 26.9. The molecule has 12 rings (SSSR count). The van der Waals surface area contributed by atoms with Gasteiger partial charge in [0.2, 0.25) is 5.95 Å². The Morgan fingerprint density at radius 2 is 1.04 bits per heavy atom. The van der Waals surface area contributed by atoms with Crippen molar-refractivity contribution in [2.45, 2.75) is 0 Å². The zero-order valence-electron chi connectivity index (χ0n) is 27.1. The molecular weight excluding hydrogens is 627 g/mol. The Bertz CT molecular complexity index is 3440. The molecule has 4 aromatic heterocycles. The van der Waals surface area contributed by atoms with E-state index in [0.717, 1.165) is 104 Å². The molecule has 4 heterocycles. The van der Waals surface area contributed by atoms with Crippen LogP contribution in [0.3, 0.4) is 0 Å². The van der Waals surface area contributed by atoms with Crippen LogP contribution in [0, 0.1) is 0 Å². The smallest absolute Gasteiger partial charge is 0.235 e. The van der Waals surface area contributed by atoms with Crippen LogP contribution in [0.15, 0.2) is 160 Å². The quantitative estimate of drug-likeness (QED) is 0.187. The molecule has 8 aromatic carbocycles. The van der Waals surface area contributed by atoms with Gasteiger partial charge in [0.1, 0.15) is 22.3 Å². The van der Waals surface area contributed by atoms with Gasteiger partial charge in [0.05, 0.1) is 16.7 Å². The van der Waals surface area contributed by atoms with E-state index in [1.165, 1.54) is 5.39 Å². The minimum absolute atomic E-state index is 0.585. The Labute approximate surface area is 289 Å². The van der Waals surface area contributed by atoms with Gasteiger partial charge in [0.25, 0.3) is 0 Å². The molecule has 51 heavy (non-hydrogen) atoms. The first-order chi connectivity index (χ1) is 25.3. The molecule has 5 nitrogen and oxygen atoms in total. The van der Waals surface area contributed by atoms with E-state index in [9.17, 15) is 0 Å². The molecule has 5 heteroatoms. The molecule has 0 unspecified atom stereocenters. The van der Waals surface area contributed by atoms with Gasteiger partial charge in [0, 0.05) is 48.7 Å². The number of aromatic nitrogens is 3. The van der Waals surface area contributed by atoms with Gasteiger partial charge >= 0.3 is 0 Å². The molecule has 12 aromatic rings. The zero-order chi connectivity index (χ0) is 33.2. The third-order valence-electron chi connectivity index (χ3n) is 10.6. The number of rotatable bonds is 2. The molecule has 0 saturated carbocycles. The van der Waals surface area contributed by atoms with Crippen molar-refractivity contribution >= 4 is 98.1 Å². The van der Waals surface area contributed by atoms with Crippen LogP contribution in [0.1, 0.15) is 0 Å². The maximum Gasteiger partial charge on any atom is 0.235 e. The highest BCUT2D eigenvalue weighted by molar-refractivity contribution is 6.36. The lowest BCUT2D eigenvalue weighted by Gasteiger charge is -2.13. The molecule has 0 atom stereocenters. The van der Waals surface area contributed by atoms with Crippen molar-refractivity contribution in [1.82, 2.24) is 14.5 Å². The van der Waals surface area contributed by atoms with Crippen LogP contribution in [0.25, 0.3) is 115 Å². The highest BCUT2D eigenvalue weighted by Gasteiger charge is 2.26. The molecule has 0 aliphatic heterocycles. The molecule has 0 amide bonds. The van der Waals surface area contributed by atoms with Gasteiger partial charge in [-0.2, -0.15) is 0 Å². The summed E-state index contributed by atoms with van der Waals surface area (Å²) < 4.78 is 15.5. The van der Waals surface area contributed by atoms with Crippen molar-refractivity contribution in [3.8, 4) is 17.2 Å². The molecular formula is C46H25N3O2. The highest BCUT2D eigenvalue weighted by Crippen LogP contribution is 2.47. The van der Waals surface area contributed by atoms with E-state index < -0.39 is 0 Å². The van der Waals surface area contributed by atoms with Crippen LogP contribution in [0.4, 0.5) is 0 Å². The van der Waals surface area contributed by atoms with E-state index in [0.29, 0.717) is 5.95 Å². The summed E-state index contributed by atoms with van der Waals surface area (Å²) in [5.74, 6) is 0.585. The van der Waals surface area contributed by atoms with E-state index in [-0.39, 0.29) is 0 Å². The number of fused-ring (bicyclic) bond motifs is 16. The van der Waals surface area contributed by atoms with Gasteiger partial charge in [-0.1, -0.05) is 121 Å². The van der Waals surface area contributed by atoms with Crippen molar-refractivity contribution in [3.05, 3.63) is 152 Å². The molecule has 0 bridgehead atoms. The Balaban J connectivity index is 1.28. The summed E-state index contributed by atoms with van der Waals surface area (Å²) in [6, 6.07) is 52.9. The van der Waals surface area contributed by atoms with E-state index in [1.54, 1.807) is 0 Å². The summed E-state index contributed by atoms with van der Waals surface area (Å²) in [4.78, 5) is 10.8. The van der Waals surface area contributed by atoms with Gasteiger partial charge in [-0.05, 0) is 46.5 Å². The van der Waals surface area contributed by atoms with Crippen LogP contribution in [-0.2, 0) is 0 Å². The maximum absolute atomic E-state index is 6.87. The lowest BCUT2D eigenvalue weighted by atomic mass is 9.98. The average Bonchev–Trinajstić information content (AvgIpc) is 3.87. The van der Waals surface area contributed by atoms with E-state index in [2.05, 4.69) is 120 Å². The summed E-state index contributed by atoms with van der Waals surface area (Å²) in [5, 5.41) is 12.2. The largest absolute Gasteiger partial charge is 0.456 e. The van der Waals surface area contributed by atoms with Crippen molar-refractivity contribution in [1.29, 1.82) is 0 Å². The van der Waals surface area contributed by atoms with Gasteiger partial charge < -0.3 is 8.83 Å². The Morgan fingerprint density at radius 3 is 1.88 bits per heavy atom. The van der Waals surface area contributed by atoms with Crippen molar-refractivity contribution in [2.24, 2.45) is 0 Å². The fourth-order valence-electron chi connectivity index (χ4n) is 8.39. The molecule has 236 valence electrons. The number of nitrogens with zero attached hydrogens (tertiary/aromatic N) is 3. The minimum atomic E-state index is 0.585. The van der Waals surface area contributed by atoms with E-state index in [4.69, 9.17) is 18.8 Å². The van der Waals surface area contributed by atoms with Crippen LogP contribution < -0.4 is 0 Å². The second-order valence-corrected chi connectivity index (χ2v) is 13.3. The molecule has 0 aliphatic rings. The van der Waals surface area contributed by atoms with Gasteiger partial charge in [0.15, 0.2) is 5.58 Å². The first-order valence-corrected chi connectivity index (χ1v) is 17.2. The summed E-state index contributed by atoms with van der Waals surface area (Å²) in [6.07, 6.45) is 0. The molecule has 0 fully saturated rings. The molecule has 0 saturated heterocycles. The maximum atomic E-state index is 6.87. The predicted molar refractivity (Wildman–Crippen MR) is 209 cm³/mol. The van der Waals surface area contributed by atoms with Gasteiger partial charge in [-0.3, -0.25) is 4.57 Å². The highest BCUT2D eigenvalue weighted by atomic mass is 16.3. The van der Waals surface area contributed by atoms with E-state index >= 15 is 0 Å². The predicted octanol–water partition coefficient (Wildman–Crippen LogP) is 12.5. The van der Waals surface area contributed by atoms with Crippen LogP contribution >= 0.6 is 0 Å². The van der Waals surface area contributed by atoms with Crippen molar-refractivity contribution < 1.29 is 8.83 Å². The van der Waals surface area contributed by atoms with Crippen LogP contribution in [0.5, 0.6) is 0 Å². The number of hydrogen-bond acceptors (Lipinski definition) is 4. The molecule has 0 radical (unpaired) electrons. The normalized spacial score (nSPS) is 12.3. The average molecular weight is 652 g/mol. The Kier molecular flexibility index (Phi) is 5.17. The summed E-state index contributed by atoms with van der Waals surface area (Å²) in [6.45, 7) is 0. The lowest BCUT2D eigenvalue weighted by Crippen LogP contribution is -2.04. The topological polar surface area (TPSA) is 57.0 Å². The number of benzene rings is 8. The minimum Gasteiger partial charge on any atom is -0.456 e. The van der Waals surface area contributed by atoms with Gasteiger partial charge in [-0.25, -0.2) is 9.97 Å². The molecule has 0 spiro atoms. The number of hydrogen-bond donors (Lipinski definition) is 0. The molecule has 0 N–H and O–H groups in total. The van der Waals surface area contributed by atoms with Crippen LogP contribution in [0.2, 0.25) is 0 Å². The number of para-hydroxylation sites is 3. The Hall–Kier alpha value is -6.98. The first-order valence-electron chi connectivity index (χ1n) is 17.2. The third kappa shape index (κ3) is 3.59. The fraction of sp³-hybridized carbons (Fsp3) is 0. The Morgan fingerprint density at radius 1 is 0.412 bits per heavy atom. The summed E-state index contributed by atoms with van der Waals surface area (Å²) >= 11 is 0. The van der Waals surface area contributed by atoms with Crippen molar-refractivity contribution in [3.63, 3.8) is 0 Å². The lowest BCUT2D eigenvalue weighted by molar-refractivity contribution is 0.669. The van der Waals surface area contributed by atoms with Crippen LogP contribution in [-0.4, -0.2) is 14.5 Å². The second-order valence-electron chi connectivity index (χ2n) is 13.3. The van der Waals surface area contributed by atoms with E-state index in [1.807, 2.05) is 36.4 Å². The summed E-state index contributed by atoms with van der Waals surface area (Å²) in [7, 11) is 0.